The van der Waals surface area contributed by atoms with E-state index in [9.17, 15) is 8.78 Å². The fraction of sp³-hybridized carbons (Fsp3) is 0.100. The van der Waals surface area contributed by atoms with Crippen molar-refractivity contribution in [2.24, 2.45) is 0 Å². The minimum atomic E-state index is -0.693. The monoisotopic (exact) mass is 209 g/mol. The molecule has 0 spiro atoms. The summed E-state index contributed by atoms with van der Waals surface area (Å²) in [6.45, 7) is 0. The van der Waals surface area contributed by atoms with Gasteiger partial charge in [0.1, 0.15) is 11.3 Å². The Hall–Kier alpha value is -1.91. The van der Waals surface area contributed by atoms with Crippen molar-refractivity contribution in [1.82, 2.24) is 4.98 Å². The number of nitrogen functional groups attached to an aromatic ring is 1. The fourth-order valence-electron chi connectivity index (χ4n) is 1.52. The molecule has 0 bridgehead atoms. The van der Waals surface area contributed by atoms with Crippen LogP contribution in [0.4, 0.5) is 20.2 Å². The van der Waals surface area contributed by atoms with Crippen LogP contribution >= 0.6 is 0 Å². The highest BCUT2D eigenvalue weighted by molar-refractivity contribution is 5.97. The van der Waals surface area contributed by atoms with E-state index < -0.39 is 11.6 Å². The predicted octanol–water partition coefficient (Wildman–Crippen LogP) is 2.14. The number of benzene rings is 1. The molecule has 1 aromatic carbocycles. The number of hydrogen-bond acceptors (Lipinski definition) is 3. The van der Waals surface area contributed by atoms with Gasteiger partial charge in [-0.3, -0.25) is 4.98 Å². The summed E-state index contributed by atoms with van der Waals surface area (Å²) >= 11 is 0. The molecular formula is C10H9F2N3. The van der Waals surface area contributed by atoms with Crippen LogP contribution in [0.15, 0.2) is 18.3 Å². The van der Waals surface area contributed by atoms with Crippen LogP contribution in [0.2, 0.25) is 0 Å². The van der Waals surface area contributed by atoms with Crippen LogP contribution in [0, 0.1) is 11.6 Å². The number of nitrogens with one attached hydrogen (secondary N) is 1. The van der Waals surface area contributed by atoms with Gasteiger partial charge in [-0.15, -0.1) is 0 Å². The zero-order valence-electron chi connectivity index (χ0n) is 8.01. The average Bonchev–Trinajstić information content (AvgIpc) is 2.17. The maximum absolute atomic E-state index is 13.3. The lowest BCUT2D eigenvalue weighted by atomic mass is 10.1. The molecule has 78 valence electrons. The number of halogens is 2. The summed E-state index contributed by atoms with van der Waals surface area (Å²) in [6.07, 6.45) is 1.34. The molecular weight excluding hydrogens is 200 g/mol. The molecule has 1 aromatic heterocycles. The van der Waals surface area contributed by atoms with Crippen molar-refractivity contribution in [2.45, 2.75) is 0 Å². The maximum Gasteiger partial charge on any atom is 0.152 e. The standard InChI is InChI=1S/C10H9F2N3/c1-14-10-6-2-5(11)3-7(12)9(6)15-4-8(10)13/h2-4H,13H2,1H3,(H,14,15). The summed E-state index contributed by atoms with van der Waals surface area (Å²) in [5.74, 6) is -1.34. The van der Waals surface area contributed by atoms with Gasteiger partial charge in [0.15, 0.2) is 5.82 Å². The largest absolute Gasteiger partial charge is 0.396 e. The predicted molar refractivity (Wildman–Crippen MR) is 55.6 cm³/mol. The third-order valence-corrected chi connectivity index (χ3v) is 2.17. The Morgan fingerprint density at radius 2 is 2.07 bits per heavy atom. The fourth-order valence-corrected chi connectivity index (χ4v) is 1.52. The number of anilines is 2. The molecule has 0 amide bonds. The topological polar surface area (TPSA) is 50.9 Å². The van der Waals surface area contributed by atoms with Crippen molar-refractivity contribution in [1.29, 1.82) is 0 Å². The van der Waals surface area contributed by atoms with Gasteiger partial charge in [0.05, 0.1) is 17.6 Å². The highest BCUT2D eigenvalue weighted by Crippen LogP contribution is 2.29. The van der Waals surface area contributed by atoms with E-state index in [0.717, 1.165) is 6.07 Å². The van der Waals surface area contributed by atoms with Gasteiger partial charge < -0.3 is 11.1 Å². The first-order chi connectivity index (χ1) is 7.13. The lowest BCUT2D eigenvalue weighted by Crippen LogP contribution is -1.99. The van der Waals surface area contributed by atoms with Crippen molar-refractivity contribution in [3.05, 3.63) is 30.0 Å². The van der Waals surface area contributed by atoms with Gasteiger partial charge >= 0.3 is 0 Å². The Bertz CT molecular complexity index is 526. The minimum Gasteiger partial charge on any atom is -0.396 e. The zero-order chi connectivity index (χ0) is 11.0. The number of pyridine rings is 1. The van der Waals surface area contributed by atoms with Crippen molar-refractivity contribution in [3.8, 4) is 0 Å². The Kier molecular flexibility index (Phi) is 2.15. The third-order valence-electron chi connectivity index (χ3n) is 2.17. The van der Waals surface area contributed by atoms with Crippen LogP contribution < -0.4 is 11.1 Å². The van der Waals surface area contributed by atoms with Crippen LogP contribution in [-0.4, -0.2) is 12.0 Å². The Morgan fingerprint density at radius 3 is 2.73 bits per heavy atom. The second-order valence-electron chi connectivity index (χ2n) is 3.12. The van der Waals surface area contributed by atoms with E-state index in [-0.39, 0.29) is 5.52 Å². The highest BCUT2D eigenvalue weighted by Gasteiger charge is 2.10. The van der Waals surface area contributed by atoms with Gasteiger partial charge in [-0.1, -0.05) is 0 Å². The van der Waals surface area contributed by atoms with Gasteiger partial charge in [-0.25, -0.2) is 8.78 Å². The second-order valence-corrected chi connectivity index (χ2v) is 3.12. The molecule has 0 atom stereocenters. The Balaban J connectivity index is 2.91. The van der Waals surface area contributed by atoms with Crippen molar-refractivity contribution in [3.63, 3.8) is 0 Å². The lowest BCUT2D eigenvalue weighted by molar-refractivity contribution is 0.590. The third kappa shape index (κ3) is 1.45. The lowest BCUT2D eigenvalue weighted by Gasteiger charge is -2.08. The van der Waals surface area contributed by atoms with E-state index in [1.54, 1.807) is 7.05 Å². The van der Waals surface area contributed by atoms with E-state index in [0.29, 0.717) is 16.8 Å². The molecule has 0 radical (unpaired) electrons. The maximum atomic E-state index is 13.3. The number of fused-ring (bicyclic) bond motifs is 1. The molecule has 0 aliphatic heterocycles. The molecule has 15 heavy (non-hydrogen) atoms. The van der Waals surface area contributed by atoms with E-state index in [2.05, 4.69) is 10.3 Å². The summed E-state index contributed by atoms with van der Waals surface area (Å²) in [4.78, 5) is 3.82. The van der Waals surface area contributed by atoms with Gasteiger partial charge in [0.2, 0.25) is 0 Å². The Morgan fingerprint density at radius 1 is 1.33 bits per heavy atom. The number of nitrogens with two attached hydrogens (primary N) is 1. The van der Waals surface area contributed by atoms with E-state index in [4.69, 9.17) is 5.73 Å². The van der Waals surface area contributed by atoms with Gasteiger partial charge in [0.25, 0.3) is 0 Å². The molecule has 2 rings (SSSR count). The molecule has 0 saturated carbocycles. The first kappa shape index (κ1) is 9.64. The van der Waals surface area contributed by atoms with Gasteiger partial charge in [0, 0.05) is 18.5 Å². The molecule has 1 heterocycles. The van der Waals surface area contributed by atoms with E-state index in [1.807, 2.05) is 0 Å². The molecule has 2 aromatic rings. The second kappa shape index (κ2) is 3.34. The molecule has 5 heteroatoms. The molecule has 0 fully saturated rings. The number of aromatic nitrogens is 1. The summed E-state index contributed by atoms with van der Waals surface area (Å²) < 4.78 is 26.3. The first-order valence-electron chi connectivity index (χ1n) is 4.34. The summed E-state index contributed by atoms with van der Waals surface area (Å²) in [7, 11) is 1.63. The summed E-state index contributed by atoms with van der Waals surface area (Å²) in [5.41, 5.74) is 6.57. The van der Waals surface area contributed by atoms with Crippen LogP contribution in [0.5, 0.6) is 0 Å². The molecule has 0 saturated heterocycles. The molecule has 0 unspecified atom stereocenters. The van der Waals surface area contributed by atoms with Crippen LogP contribution in [0.3, 0.4) is 0 Å². The highest BCUT2D eigenvalue weighted by atomic mass is 19.1. The summed E-state index contributed by atoms with van der Waals surface area (Å²) in [6, 6.07) is 2.00. The van der Waals surface area contributed by atoms with Gasteiger partial charge in [-0.05, 0) is 6.07 Å². The smallest absolute Gasteiger partial charge is 0.152 e. The van der Waals surface area contributed by atoms with E-state index >= 15 is 0 Å². The number of hydrogen-bond donors (Lipinski definition) is 2. The van der Waals surface area contributed by atoms with Gasteiger partial charge in [-0.2, -0.15) is 0 Å². The van der Waals surface area contributed by atoms with E-state index in [1.165, 1.54) is 12.3 Å². The number of nitrogens with zero attached hydrogens (tertiary/aromatic N) is 1. The molecule has 0 aliphatic rings. The normalized spacial score (nSPS) is 10.6. The quantitative estimate of drug-likeness (QED) is 0.756. The molecule has 3 N–H and O–H groups in total. The van der Waals surface area contributed by atoms with Crippen LogP contribution in [0.1, 0.15) is 0 Å². The van der Waals surface area contributed by atoms with Crippen LogP contribution in [-0.2, 0) is 0 Å². The first-order valence-corrected chi connectivity index (χ1v) is 4.34. The molecule has 3 nitrogen and oxygen atoms in total. The Labute approximate surface area is 84.9 Å². The SMILES string of the molecule is CNc1c(N)cnc2c(F)cc(F)cc12. The minimum absolute atomic E-state index is 0.106. The zero-order valence-corrected chi connectivity index (χ0v) is 8.01. The van der Waals surface area contributed by atoms with Crippen molar-refractivity contribution < 1.29 is 8.78 Å². The number of rotatable bonds is 1. The van der Waals surface area contributed by atoms with Crippen molar-refractivity contribution >= 4 is 22.3 Å². The van der Waals surface area contributed by atoms with Crippen molar-refractivity contribution in [2.75, 3.05) is 18.1 Å². The molecule has 0 aliphatic carbocycles. The summed E-state index contributed by atoms with van der Waals surface area (Å²) in [5, 5.41) is 3.14. The average molecular weight is 209 g/mol. The van der Waals surface area contributed by atoms with Crippen LogP contribution in [0.25, 0.3) is 10.9 Å².